The van der Waals surface area contributed by atoms with E-state index in [2.05, 4.69) is 51.3 Å². The van der Waals surface area contributed by atoms with Gasteiger partial charge in [0.15, 0.2) is 0 Å². The van der Waals surface area contributed by atoms with Gasteiger partial charge in [0.25, 0.3) is 0 Å². The lowest BCUT2D eigenvalue weighted by atomic mass is 9.93. The minimum absolute atomic E-state index is 0.0899. The van der Waals surface area contributed by atoms with Gasteiger partial charge in [0.1, 0.15) is 6.23 Å². The number of piperazine rings is 1. The minimum atomic E-state index is 0.0899. The molecule has 1 aliphatic heterocycles. The van der Waals surface area contributed by atoms with Crippen LogP contribution in [0.2, 0.25) is 0 Å². The molecule has 1 unspecified atom stereocenters. The smallest absolute Gasteiger partial charge is 0.133 e. The van der Waals surface area contributed by atoms with E-state index in [-0.39, 0.29) is 11.8 Å². The van der Waals surface area contributed by atoms with Gasteiger partial charge >= 0.3 is 0 Å². The summed E-state index contributed by atoms with van der Waals surface area (Å²) in [6.07, 6.45) is 1.17. The van der Waals surface area contributed by atoms with Crippen molar-refractivity contribution in [3.63, 3.8) is 0 Å². The Labute approximate surface area is 131 Å². The Kier molecular flexibility index (Phi) is 7.11. The van der Waals surface area contributed by atoms with Crippen molar-refractivity contribution in [3.05, 3.63) is 0 Å². The highest BCUT2D eigenvalue weighted by Crippen LogP contribution is 2.19. The lowest BCUT2D eigenvalue weighted by Crippen LogP contribution is -2.56. The first-order valence-corrected chi connectivity index (χ1v) is 8.23. The monoisotopic (exact) mass is 300 g/mol. The molecule has 0 aromatic carbocycles. The van der Waals surface area contributed by atoms with Gasteiger partial charge in [-0.05, 0) is 32.6 Å². The fourth-order valence-corrected chi connectivity index (χ4v) is 2.57. The molecule has 0 saturated carbocycles. The lowest BCUT2D eigenvalue weighted by molar-refractivity contribution is -0.103. The standard InChI is InChI=1S/C17H36N2O2/c1-16(2,3)8-13-21-14-15(20-7)18-9-11-19(12-10-18)17(4,5)6/h15H,8-14H2,1-7H3. The van der Waals surface area contributed by atoms with Crippen LogP contribution < -0.4 is 0 Å². The van der Waals surface area contributed by atoms with Crippen molar-refractivity contribution in [3.8, 4) is 0 Å². The van der Waals surface area contributed by atoms with Gasteiger partial charge < -0.3 is 9.47 Å². The van der Waals surface area contributed by atoms with Crippen LogP contribution in [0.4, 0.5) is 0 Å². The SMILES string of the molecule is COC(COCCC(C)(C)C)N1CCN(C(C)(C)C)CC1. The topological polar surface area (TPSA) is 24.9 Å². The molecule has 1 atom stereocenters. The predicted molar refractivity (Wildman–Crippen MR) is 88.6 cm³/mol. The third-order valence-corrected chi connectivity index (χ3v) is 4.20. The minimum Gasteiger partial charge on any atom is -0.377 e. The molecule has 1 saturated heterocycles. The van der Waals surface area contributed by atoms with Crippen LogP contribution in [0.5, 0.6) is 0 Å². The van der Waals surface area contributed by atoms with Gasteiger partial charge in [0.05, 0.1) is 6.61 Å². The summed E-state index contributed by atoms with van der Waals surface area (Å²) in [5.74, 6) is 0. The highest BCUT2D eigenvalue weighted by Gasteiger charge is 2.29. The molecule has 1 fully saturated rings. The number of ether oxygens (including phenoxy) is 2. The van der Waals surface area contributed by atoms with Crippen LogP contribution in [-0.2, 0) is 9.47 Å². The first kappa shape index (κ1) is 18.9. The fraction of sp³-hybridized carbons (Fsp3) is 1.00. The van der Waals surface area contributed by atoms with E-state index in [1.807, 2.05) is 0 Å². The van der Waals surface area contributed by atoms with Gasteiger partial charge in [-0.1, -0.05) is 20.8 Å². The number of methoxy groups -OCH3 is 1. The number of nitrogens with zero attached hydrogens (tertiary/aromatic N) is 2. The molecule has 0 aromatic rings. The fourth-order valence-electron chi connectivity index (χ4n) is 2.57. The van der Waals surface area contributed by atoms with Gasteiger partial charge in [-0.25, -0.2) is 0 Å². The van der Waals surface area contributed by atoms with Crippen molar-refractivity contribution < 1.29 is 9.47 Å². The number of rotatable bonds is 6. The molecular formula is C17H36N2O2. The van der Waals surface area contributed by atoms with E-state index in [1.54, 1.807) is 7.11 Å². The molecule has 0 amide bonds. The second-order valence-electron chi connectivity index (χ2n) is 8.27. The van der Waals surface area contributed by atoms with Crippen molar-refractivity contribution in [2.45, 2.75) is 59.7 Å². The summed E-state index contributed by atoms with van der Waals surface area (Å²) < 4.78 is 11.5. The normalized spacial score (nSPS) is 20.7. The van der Waals surface area contributed by atoms with E-state index < -0.39 is 0 Å². The van der Waals surface area contributed by atoms with E-state index in [0.29, 0.717) is 12.0 Å². The maximum Gasteiger partial charge on any atom is 0.133 e. The van der Waals surface area contributed by atoms with Crippen LogP contribution in [0, 0.1) is 5.41 Å². The zero-order chi connectivity index (χ0) is 16.1. The van der Waals surface area contributed by atoms with Gasteiger partial charge in [0, 0.05) is 45.4 Å². The summed E-state index contributed by atoms with van der Waals surface area (Å²) in [7, 11) is 1.79. The Morgan fingerprint density at radius 1 is 0.952 bits per heavy atom. The molecule has 0 N–H and O–H groups in total. The quantitative estimate of drug-likeness (QED) is 0.704. The van der Waals surface area contributed by atoms with Crippen LogP contribution in [0.1, 0.15) is 48.0 Å². The highest BCUT2D eigenvalue weighted by molar-refractivity contribution is 4.82. The van der Waals surface area contributed by atoms with Gasteiger partial charge in [-0.15, -0.1) is 0 Å². The zero-order valence-corrected chi connectivity index (χ0v) is 15.2. The Hall–Kier alpha value is -0.160. The summed E-state index contributed by atoms with van der Waals surface area (Å²) in [5, 5.41) is 0. The van der Waals surface area contributed by atoms with E-state index in [4.69, 9.17) is 9.47 Å². The first-order valence-electron chi connectivity index (χ1n) is 8.23. The summed E-state index contributed by atoms with van der Waals surface area (Å²) >= 11 is 0. The molecule has 4 heteroatoms. The van der Waals surface area contributed by atoms with Crippen molar-refractivity contribution >= 4 is 0 Å². The third-order valence-electron chi connectivity index (χ3n) is 4.20. The van der Waals surface area contributed by atoms with Crippen molar-refractivity contribution in [2.75, 3.05) is 46.5 Å². The maximum atomic E-state index is 5.83. The molecule has 0 bridgehead atoms. The molecule has 1 aliphatic rings. The van der Waals surface area contributed by atoms with Gasteiger partial charge in [0.2, 0.25) is 0 Å². The van der Waals surface area contributed by atoms with Gasteiger partial charge in [-0.2, -0.15) is 0 Å². The van der Waals surface area contributed by atoms with E-state index in [0.717, 1.165) is 39.2 Å². The molecule has 0 radical (unpaired) electrons. The molecule has 1 heterocycles. The van der Waals surface area contributed by atoms with Gasteiger partial charge in [-0.3, -0.25) is 9.80 Å². The van der Waals surface area contributed by atoms with Crippen molar-refractivity contribution in [2.24, 2.45) is 5.41 Å². The molecule has 0 aromatic heterocycles. The molecule has 4 nitrogen and oxygen atoms in total. The first-order chi connectivity index (χ1) is 9.63. The van der Waals surface area contributed by atoms with E-state index >= 15 is 0 Å². The van der Waals surface area contributed by atoms with Crippen LogP contribution >= 0.6 is 0 Å². The average molecular weight is 300 g/mol. The average Bonchev–Trinajstić information content (AvgIpc) is 2.37. The van der Waals surface area contributed by atoms with E-state index in [9.17, 15) is 0 Å². The van der Waals surface area contributed by atoms with Crippen molar-refractivity contribution in [1.29, 1.82) is 0 Å². The second-order valence-corrected chi connectivity index (χ2v) is 8.27. The Balaban J connectivity index is 2.31. The largest absolute Gasteiger partial charge is 0.377 e. The van der Waals surface area contributed by atoms with Crippen LogP contribution in [-0.4, -0.2) is 68.1 Å². The summed E-state index contributed by atoms with van der Waals surface area (Å²) in [6, 6.07) is 0. The van der Waals surface area contributed by atoms with Crippen LogP contribution in [0.25, 0.3) is 0 Å². The molecule has 21 heavy (non-hydrogen) atoms. The molecular weight excluding hydrogens is 264 g/mol. The van der Waals surface area contributed by atoms with Crippen molar-refractivity contribution in [1.82, 2.24) is 9.80 Å². The molecule has 126 valence electrons. The Morgan fingerprint density at radius 3 is 1.95 bits per heavy atom. The lowest BCUT2D eigenvalue weighted by Gasteiger charge is -2.44. The zero-order valence-electron chi connectivity index (χ0n) is 15.2. The highest BCUT2D eigenvalue weighted by atomic mass is 16.5. The van der Waals surface area contributed by atoms with E-state index in [1.165, 1.54) is 0 Å². The third kappa shape index (κ3) is 7.09. The summed E-state index contributed by atoms with van der Waals surface area (Å²) in [6.45, 7) is 19.4. The maximum absolute atomic E-state index is 5.83. The number of hydrogen-bond donors (Lipinski definition) is 0. The Morgan fingerprint density at radius 2 is 1.52 bits per heavy atom. The summed E-state index contributed by atoms with van der Waals surface area (Å²) in [4.78, 5) is 4.94. The van der Waals surface area contributed by atoms with Crippen LogP contribution in [0.3, 0.4) is 0 Å². The summed E-state index contributed by atoms with van der Waals surface area (Å²) in [5.41, 5.74) is 0.596. The molecule has 0 spiro atoms. The van der Waals surface area contributed by atoms with Crippen LogP contribution in [0.15, 0.2) is 0 Å². The second kappa shape index (κ2) is 7.91. The predicted octanol–water partition coefficient (Wildman–Crippen LogP) is 2.83. The molecule has 1 rings (SSSR count). The Bertz CT molecular complexity index is 286. The molecule has 0 aliphatic carbocycles. The number of hydrogen-bond acceptors (Lipinski definition) is 4.